The van der Waals surface area contributed by atoms with Crippen molar-refractivity contribution in [2.45, 2.75) is 19.4 Å². The highest BCUT2D eigenvalue weighted by Gasteiger charge is 2.13. The number of nitrogens with one attached hydrogen (secondary N) is 1. The lowest BCUT2D eigenvalue weighted by Gasteiger charge is -2.22. The van der Waals surface area contributed by atoms with Gasteiger partial charge in [0.15, 0.2) is 0 Å². The van der Waals surface area contributed by atoms with E-state index in [1.54, 1.807) is 13.3 Å². The quantitative estimate of drug-likeness (QED) is 0.843. The van der Waals surface area contributed by atoms with E-state index in [2.05, 4.69) is 10.3 Å². The number of methoxy groups -OCH3 is 1. The van der Waals surface area contributed by atoms with Gasteiger partial charge in [0, 0.05) is 31.5 Å². The summed E-state index contributed by atoms with van der Waals surface area (Å²) in [7, 11) is 1.66. The van der Waals surface area contributed by atoms with E-state index in [-0.39, 0.29) is 0 Å². The number of hydrogen-bond donors (Lipinski definition) is 1. The summed E-state index contributed by atoms with van der Waals surface area (Å²) in [5.41, 5.74) is 1.11. The molecule has 0 aliphatic carbocycles. The molecule has 2 rings (SSSR count). The molecule has 1 aliphatic rings. The molecule has 1 N–H and O–H groups in total. The predicted octanol–water partition coefficient (Wildman–Crippen LogP) is 1.61. The van der Waals surface area contributed by atoms with Crippen LogP contribution in [0.1, 0.15) is 18.4 Å². The van der Waals surface area contributed by atoms with Crippen molar-refractivity contribution in [3.8, 4) is 5.88 Å². The summed E-state index contributed by atoms with van der Waals surface area (Å²) in [6.45, 7) is 3.67. The molecule has 17 heavy (non-hydrogen) atoms. The van der Waals surface area contributed by atoms with Gasteiger partial charge in [0.05, 0.1) is 7.11 Å². The van der Waals surface area contributed by atoms with E-state index in [4.69, 9.17) is 9.47 Å². The smallest absolute Gasteiger partial charge is 0.217 e. The van der Waals surface area contributed by atoms with Crippen LogP contribution in [0, 0.1) is 5.92 Å². The third-order valence-electron chi connectivity index (χ3n) is 3.13. The van der Waals surface area contributed by atoms with Gasteiger partial charge in [-0.15, -0.1) is 0 Å². The molecule has 0 bridgehead atoms. The number of ether oxygens (including phenoxy) is 2. The molecule has 0 saturated carbocycles. The van der Waals surface area contributed by atoms with Gasteiger partial charge < -0.3 is 14.8 Å². The maximum absolute atomic E-state index is 5.34. The van der Waals surface area contributed by atoms with Crippen LogP contribution in [-0.2, 0) is 11.3 Å². The predicted molar refractivity (Wildman–Crippen MR) is 66.0 cm³/mol. The van der Waals surface area contributed by atoms with Crippen LogP contribution in [0.2, 0.25) is 0 Å². The highest BCUT2D eigenvalue weighted by atomic mass is 16.5. The Labute approximate surface area is 102 Å². The summed E-state index contributed by atoms with van der Waals surface area (Å²) in [5, 5.41) is 3.47. The van der Waals surface area contributed by atoms with E-state index in [0.29, 0.717) is 5.88 Å². The van der Waals surface area contributed by atoms with Crippen molar-refractivity contribution in [3.05, 3.63) is 23.9 Å². The summed E-state index contributed by atoms with van der Waals surface area (Å²) < 4.78 is 10.6. The topological polar surface area (TPSA) is 43.4 Å². The normalized spacial score (nSPS) is 17.0. The van der Waals surface area contributed by atoms with Gasteiger partial charge in [0.25, 0.3) is 0 Å². The van der Waals surface area contributed by atoms with Gasteiger partial charge >= 0.3 is 0 Å². The lowest BCUT2D eigenvalue weighted by Crippen LogP contribution is -2.27. The molecule has 0 radical (unpaired) electrons. The molecule has 0 amide bonds. The fourth-order valence-corrected chi connectivity index (χ4v) is 2.10. The molecule has 1 aromatic heterocycles. The summed E-state index contributed by atoms with van der Waals surface area (Å²) in [6, 6.07) is 3.98. The first-order valence-electron chi connectivity index (χ1n) is 6.16. The Bertz CT molecular complexity index is 338. The van der Waals surface area contributed by atoms with E-state index >= 15 is 0 Å². The number of rotatable bonds is 5. The molecule has 1 aromatic rings. The Hall–Kier alpha value is -1.13. The molecular weight excluding hydrogens is 216 g/mol. The minimum Gasteiger partial charge on any atom is -0.481 e. The SMILES string of the molecule is COc1ncccc1CNCC1CCOCC1. The minimum atomic E-state index is 0.715. The second kappa shape index (κ2) is 6.57. The maximum atomic E-state index is 5.34. The average molecular weight is 236 g/mol. The molecular formula is C13H20N2O2. The van der Waals surface area contributed by atoms with Crippen molar-refractivity contribution in [3.63, 3.8) is 0 Å². The van der Waals surface area contributed by atoms with Gasteiger partial charge in [-0.25, -0.2) is 4.98 Å². The number of aromatic nitrogens is 1. The van der Waals surface area contributed by atoms with Crippen LogP contribution in [0.25, 0.3) is 0 Å². The van der Waals surface area contributed by atoms with Gasteiger partial charge in [0.1, 0.15) is 0 Å². The fourth-order valence-electron chi connectivity index (χ4n) is 2.10. The first-order chi connectivity index (χ1) is 8.40. The lowest BCUT2D eigenvalue weighted by atomic mass is 10.0. The zero-order valence-corrected chi connectivity index (χ0v) is 10.3. The van der Waals surface area contributed by atoms with Crippen LogP contribution >= 0.6 is 0 Å². The number of pyridine rings is 1. The first-order valence-corrected chi connectivity index (χ1v) is 6.16. The van der Waals surface area contributed by atoms with Crippen LogP contribution in [0.3, 0.4) is 0 Å². The average Bonchev–Trinajstić information content (AvgIpc) is 2.40. The van der Waals surface area contributed by atoms with Gasteiger partial charge in [-0.1, -0.05) is 6.07 Å². The summed E-state index contributed by atoms with van der Waals surface area (Å²) in [6.07, 6.45) is 4.08. The van der Waals surface area contributed by atoms with Crippen molar-refractivity contribution in [1.82, 2.24) is 10.3 Å². The van der Waals surface area contributed by atoms with Crippen molar-refractivity contribution in [1.29, 1.82) is 0 Å². The fraction of sp³-hybridized carbons (Fsp3) is 0.615. The summed E-state index contributed by atoms with van der Waals surface area (Å²) in [4.78, 5) is 4.18. The lowest BCUT2D eigenvalue weighted by molar-refractivity contribution is 0.0662. The zero-order valence-electron chi connectivity index (χ0n) is 10.3. The van der Waals surface area contributed by atoms with Crippen LogP contribution in [0.4, 0.5) is 0 Å². The second-order valence-electron chi connectivity index (χ2n) is 4.36. The molecule has 1 fully saturated rings. The molecule has 1 aliphatic heterocycles. The van der Waals surface area contributed by atoms with Crippen molar-refractivity contribution >= 4 is 0 Å². The molecule has 1 saturated heterocycles. The third-order valence-corrected chi connectivity index (χ3v) is 3.13. The monoisotopic (exact) mass is 236 g/mol. The van der Waals surface area contributed by atoms with Crippen LogP contribution in [-0.4, -0.2) is 31.9 Å². The van der Waals surface area contributed by atoms with E-state index in [1.165, 1.54) is 0 Å². The molecule has 0 unspecified atom stereocenters. The van der Waals surface area contributed by atoms with Crippen LogP contribution in [0.5, 0.6) is 5.88 Å². The third kappa shape index (κ3) is 3.68. The standard InChI is InChI=1S/C13H20N2O2/c1-16-13-12(3-2-6-15-13)10-14-9-11-4-7-17-8-5-11/h2-3,6,11,14H,4-5,7-10H2,1H3. The van der Waals surface area contributed by atoms with E-state index in [1.807, 2.05) is 12.1 Å². The van der Waals surface area contributed by atoms with Gasteiger partial charge in [-0.2, -0.15) is 0 Å². The van der Waals surface area contributed by atoms with Crippen molar-refractivity contribution < 1.29 is 9.47 Å². The first kappa shape index (κ1) is 12.3. The van der Waals surface area contributed by atoms with E-state index in [9.17, 15) is 0 Å². The Balaban J connectivity index is 1.77. The number of hydrogen-bond acceptors (Lipinski definition) is 4. The van der Waals surface area contributed by atoms with Gasteiger partial charge in [0.2, 0.25) is 5.88 Å². The molecule has 4 heteroatoms. The van der Waals surface area contributed by atoms with Crippen molar-refractivity contribution in [2.75, 3.05) is 26.9 Å². The van der Waals surface area contributed by atoms with Crippen molar-refractivity contribution in [2.24, 2.45) is 5.92 Å². The van der Waals surface area contributed by atoms with Crippen LogP contribution in [0.15, 0.2) is 18.3 Å². The van der Waals surface area contributed by atoms with Crippen LogP contribution < -0.4 is 10.1 Å². The molecule has 0 aromatic carbocycles. The second-order valence-corrected chi connectivity index (χ2v) is 4.36. The minimum absolute atomic E-state index is 0.715. The van der Waals surface area contributed by atoms with E-state index < -0.39 is 0 Å². The molecule has 0 atom stereocenters. The molecule has 4 nitrogen and oxygen atoms in total. The highest BCUT2D eigenvalue weighted by Crippen LogP contribution is 2.15. The Morgan fingerprint density at radius 1 is 1.47 bits per heavy atom. The largest absolute Gasteiger partial charge is 0.481 e. The van der Waals surface area contributed by atoms with Gasteiger partial charge in [-0.05, 0) is 31.4 Å². The van der Waals surface area contributed by atoms with E-state index in [0.717, 1.165) is 50.6 Å². The Morgan fingerprint density at radius 3 is 3.06 bits per heavy atom. The highest BCUT2D eigenvalue weighted by molar-refractivity contribution is 5.24. The maximum Gasteiger partial charge on any atom is 0.217 e. The molecule has 2 heterocycles. The number of nitrogens with zero attached hydrogens (tertiary/aromatic N) is 1. The Kier molecular flexibility index (Phi) is 4.76. The zero-order chi connectivity index (χ0) is 11.9. The summed E-state index contributed by atoms with van der Waals surface area (Å²) >= 11 is 0. The molecule has 94 valence electrons. The Morgan fingerprint density at radius 2 is 2.29 bits per heavy atom. The summed E-state index contributed by atoms with van der Waals surface area (Å²) in [5.74, 6) is 1.46. The van der Waals surface area contributed by atoms with Gasteiger partial charge in [-0.3, -0.25) is 0 Å². The molecule has 0 spiro atoms.